The van der Waals surface area contributed by atoms with E-state index < -0.39 is 5.97 Å². The number of rotatable bonds is 18. The Balaban J connectivity index is 1.62. The van der Waals surface area contributed by atoms with E-state index in [-0.39, 0.29) is 17.3 Å². The molecule has 0 amide bonds. The first-order valence-electron chi connectivity index (χ1n) is 16.5. The molecule has 0 unspecified atom stereocenters. The zero-order valence-corrected chi connectivity index (χ0v) is 26.3. The lowest BCUT2D eigenvalue weighted by molar-refractivity contribution is 0.0710. The molecule has 0 aromatic heterocycles. The number of nitrogens with zero attached hydrogens (tertiary/aromatic N) is 2. The first-order chi connectivity index (χ1) is 20.5. The SMILES string of the molecule is CCCCCN(CCCCC)c1ccc2c(c1)O/C(=C1/OC(=O)c3ccc(N(CCCCC)CCCCC)cc31)C2=O. The van der Waals surface area contributed by atoms with Crippen molar-refractivity contribution >= 4 is 28.9 Å². The Labute approximate surface area is 253 Å². The van der Waals surface area contributed by atoms with E-state index in [4.69, 9.17) is 9.47 Å². The molecular formula is C36H50N2O4. The molecule has 6 nitrogen and oxygen atoms in total. The van der Waals surface area contributed by atoms with Crippen molar-refractivity contribution in [3.8, 4) is 5.75 Å². The lowest BCUT2D eigenvalue weighted by Crippen LogP contribution is -2.25. The van der Waals surface area contributed by atoms with Gasteiger partial charge in [0, 0.05) is 49.2 Å². The van der Waals surface area contributed by atoms with Crippen molar-refractivity contribution in [3.05, 3.63) is 58.8 Å². The number of carbonyl (C=O) groups is 2. The number of cyclic esters (lactones) is 1. The van der Waals surface area contributed by atoms with E-state index in [2.05, 4.69) is 37.5 Å². The van der Waals surface area contributed by atoms with E-state index in [0.29, 0.717) is 22.4 Å². The van der Waals surface area contributed by atoms with Crippen molar-refractivity contribution in [1.29, 1.82) is 0 Å². The van der Waals surface area contributed by atoms with Crippen molar-refractivity contribution in [2.45, 2.75) is 105 Å². The molecule has 0 fully saturated rings. The van der Waals surface area contributed by atoms with Gasteiger partial charge >= 0.3 is 5.97 Å². The average molecular weight is 575 g/mol. The molecule has 2 heterocycles. The number of ether oxygens (including phenoxy) is 2. The summed E-state index contributed by atoms with van der Waals surface area (Å²) in [5.74, 6) is 0.220. The summed E-state index contributed by atoms with van der Waals surface area (Å²) in [6, 6.07) is 11.7. The van der Waals surface area contributed by atoms with Gasteiger partial charge in [0.1, 0.15) is 5.75 Å². The van der Waals surface area contributed by atoms with Crippen LogP contribution in [0, 0.1) is 0 Å². The lowest BCUT2D eigenvalue weighted by atomic mass is 10.0. The third-order valence-electron chi connectivity index (χ3n) is 8.35. The second kappa shape index (κ2) is 15.8. The summed E-state index contributed by atoms with van der Waals surface area (Å²) < 4.78 is 11.9. The number of anilines is 2. The molecule has 0 radical (unpaired) electrons. The van der Waals surface area contributed by atoms with Gasteiger partial charge in [-0.15, -0.1) is 0 Å². The zero-order valence-electron chi connectivity index (χ0n) is 26.3. The average Bonchev–Trinajstić information content (AvgIpc) is 3.50. The van der Waals surface area contributed by atoms with Crippen LogP contribution in [0.15, 0.2) is 42.2 Å². The van der Waals surface area contributed by atoms with Crippen LogP contribution in [0.4, 0.5) is 11.4 Å². The van der Waals surface area contributed by atoms with E-state index in [1.54, 1.807) is 0 Å². The largest absolute Gasteiger partial charge is 0.448 e. The van der Waals surface area contributed by atoms with Gasteiger partial charge in [0.2, 0.25) is 11.5 Å². The Bertz CT molecular complexity index is 1230. The van der Waals surface area contributed by atoms with Gasteiger partial charge in [-0.25, -0.2) is 4.79 Å². The molecular weight excluding hydrogens is 524 g/mol. The fourth-order valence-corrected chi connectivity index (χ4v) is 5.82. The van der Waals surface area contributed by atoms with Crippen molar-refractivity contribution < 1.29 is 19.1 Å². The fraction of sp³-hybridized carbons (Fsp3) is 0.556. The lowest BCUT2D eigenvalue weighted by Gasteiger charge is -2.25. The fourth-order valence-electron chi connectivity index (χ4n) is 5.82. The van der Waals surface area contributed by atoms with Crippen LogP contribution in [0.1, 0.15) is 131 Å². The molecule has 0 aliphatic carbocycles. The number of allylic oxidation sites excluding steroid dienone is 1. The Morgan fingerprint density at radius 1 is 0.524 bits per heavy atom. The highest BCUT2D eigenvalue weighted by molar-refractivity contribution is 6.18. The minimum atomic E-state index is -0.436. The maximum atomic E-state index is 13.6. The second-order valence-corrected chi connectivity index (χ2v) is 11.7. The van der Waals surface area contributed by atoms with Crippen molar-refractivity contribution in [3.63, 3.8) is 0 Å². The summed E-state index contributed by atoms with van der Waals surface area (Å²) in [7, 11) is 0. The predicted molar refractivity (Wildman–Crippen MR) is 173 cm³/mol. The van der Waals surface area contributed by atoms with Crippen molar-refractivity contribution in [1.82, 2.24) is 0 Å². The molecule has 2 aliphatic heterocycles. The number of hydrogen-bond donors (Lipinski definition) is 0. The molecule has 0 N–H and O–H groups in total. The van der Waals surface area contributed by atoms with Crippen LogP contribution in [0.5, 0.6) is 5.75 Å². The summed E-state index contributed by atoms with van der Waals surface area (Å²) in [5, 5.41) is 0. The molecule has 228 valence electrons. The first-order valence-corrected chi connectivity index (χ1v) is 16.5. The van der Waals surface area contributed by atoms with Crippen LogP contribution >= 0.6 is 0 Å². The van der Waals surface area contributed by atoms with Crippen LogP contribution in [-0.4, -0.2) is 37.9 Å². The molecule has 0 bridgehead atoms. The van der Waals surface area contributed by atoms with E-state index in [0.717, 1.165) is 63.2 Å². The molecule has 4 rings (SSSR count). The Morgan fingerprint density at radius 2 is 1.00 bits per heavy atom. The summed E-state index contributed by atoms with van der Waals surface area (Å²) in [4.78, 5) is 31.3. The third kappa shape index (κ3) is 7.56. The zero-order chi connectivity index (χ0) is 29.9. The molecule has 2 aliphatic rings. The van der Waals surface area contributed by atoms with Crippen LogP contribution in [-0.2, 0) is 4.74 Å². The number of hydrogen-bond acceptors (Lipinski definition) is 6. The molecule has 0 saturated heterocycles. The topological polar surface area (TPSA) is 59.1 Å². The first kappa shape index (κ1) is 31.7. The number of ketones is 1. The number of fused-ring (bicyclic) bond motifs is 2. The second-order valence-electron chi connectivity index (χ2n) is 11.7. The van der Waals surface area contributed by atoms with Crippen LogP contribution in [0.3, 0.4) is 0 Å². The molecule has 42 heavy (non-hydrogen) atoms. The van der Waals surface area contributed by atoms with Crippen molar-refractivity contribution in [2.24, 2.45) is 0 Å². The number of unbranched alkanes of at least 4 members (excludes halogenated alkanes) is 8. The number of benzene rings is 2. The molecule has 6 heteroatoms. The maximum Gasteiger partial charge on any atom is 0.344 e. The Kier molecular flexibility index (Phi) is 11.9. The van der Waals surface area contributed by atoms with Crippen LogP contribution < -0.4 is 14.5 Å². The highest BCUT2D eigenvalue weighted by atomic mass is 16.6. The van der Waals surface area contributed by atoms with Gasteiger partial charge in [0.15, 0.2) is 5.76 Å². The maximum absolute atomic E-state index is 13.6. The summed E-state index contributed by atoms with van der Waals surface area (Å²) in [6.45, 7) is 12.8. The quantitative estimate of drug-likeness (QED) is 0.100. The van der Waals surface area contributed by atoms with E-state index >= 15 is 0 Å². The molecule has 0 atom stereocenters. The van der Waals surface area contributed by atoms with Gasteiger partial charge in [-0.2, -0.15) is 0 Å². The number of Topliss-reactive ketones (excluding diaryl/α,β-unsaturated/α-hetero) is 1. The summed E-state index contributed by atoms with van der Waals surface area (Å²) >= 11 is 0. The highest BCUT2D eigenvalue weighted by Gasteiger charge is 2.38. The van der Waals surface area contributed by atoms with Crippen LogP contribution in [0.2, 0.25) is 0 Å². The monoisotopic (exact) mass is 574 g/mol. The van der Waals surface area contributed by atoms with Crippen LogP contribution in [0.25, 0.3) is 5.76 Å². The van der Waals surface area contributed by atoms with E-state index in [1.807, 2.05) is 36.4 Å². The van der Waals surface area contributed by atoms with E-state index in [1.165, 1.54) is 51.4 Å². The smallest absolute Gasteiger partial charge is 0.344 e. The molecule has 0 spiro atoms. The van der Waals surface area contributed by atoms with Gasteiger partial charge in [0.25, 0.3) is 0 Å². The van der Waals surface area contributed by atoms with Gasteiger partial charge in [-0.3, -0.25) is 4.79 Å². The van der Waals surface area contributed by atoms with E-state index in [9.17, 15) is 9.59 Å². The molecule has 2 aromatic carbocycles. The minimum absolute atomic E-state index is 0.110. The molecule has 2 aromatic rings. The number of esters is 1. The van der Waals surface area contributed by atoms with Gasteiger partial charge in [-0.05, 0) is 56.0 Å². The number of carbonyl (C=O) groups excluding carboxylic acids is 2. The minimum Gasteiger partial charge on any atom is -0.448 e. The summed E-state index contributed by atoms with van der Waals surface area (Å²) in [6.07, 6.45) is 14.0. The summed E-state index contributed by atoms with van der Waals surface area (Å²) in [5.41, 5.74) is 3.77. The molecule has 0 saturated carbocycles. The van der Waals surface area contributed by atoms with Crippen molar-refractivity contribution in [2.75, 3.05) is 36.0 Å². The Hall–Kier alpha value is -3.28. The van der Waals surface area contributed by atoms with Gasteiger partial charge < -0.3 is 19.3 Å². The normalized spacial score (nSPS) is 15.4. The van der Waals surface area contributed by atoms with Gasteiger partial charge in [0.05, 0.1) is 11.1 Å². The standard InChI is InChI=1S/C36H50N2O4/c1-5-9-13-21-37(22-14-10-6-2)27-17-19-29-31(25-27)34(42-36(29)40)35-33(39)30-20-18-28(26-32(30)41-35)38(23-15-11-7-3)24-16-12-8-4/h17-20,25-26H,5-16,21-24H2,1-4H3/b35-34+. The highest BCUT2D eigenvalue weighted by Crippen LogP contribution is 2.42. The third-order valence-corrected chi connectivity index (χ3v) is 8.35. The Morgan fingerprint density at radius 3 is 1.50 bits per heavy atom. The van der Waals surface area contributed by atoms with Gasteiger partial charge in [-0.1, -0.05) is 79.1 Å². The predicted octanol–water partition coefficient (Wildman–Crippen LogP) is 9.17.